The number of carboxylic acids is 1. The van der Waals surface area contributed by atoms with Crippen molar-refractivity contribution in [2.24, 2.45) is 5.41 Å². The van der Waals surface area contributed by atoms with Gasteiger partial charge in [0.1, 0.15) is 24.0 Å². The maximum absolute atomic E-state index is 12.8. The van der Waals surface area contributed by atoms with E-state index in [1.807, 2.05) is 30.3 Å². The molecule has 33 heavy (non-hydrogen) atoms. The third-order valence-electron chi connectivity index (χ3n) is 6.83. The standard InChI is InChI=1S/C22H27N5O6/c28-17(10-22(11-18(29)30)8-4-5-9-22)23-15-12-31-20-16(13-32-19(15)20)27-21(24-25-26-27)33-14-6-2-1-3-7-14/h1-3,6-7,15-16,19-20H,4-5,8-13H2,(H,23,28)(H,29,30)/t15-,16+,19-,20+/m0/s1. The summed E-state index contributed by atoms with van der Waals surface area (Å²) in [4.78, 5) is 24.2. The van der Waals surface area contributed by atoms with Crippen molar-refractivity contribution < 1.29 is 28.9 Å². The second kappa shape index (κ2) is 9.06. The van der Waals surface area contributed by atoms with Gasteiger partial charge >= 0.3 is 12.0 Å². The highest BCUT2D eigenvalue weighted by atomic mass is 16.6. The fourth-order valence-electron chi connectivity index (χ4n) is 5.33. The number of carboxylic acid groups (broad SMARTS) is 1. The van der Waals surface area contributed by atoms with Crippen molar-refractivity contribution >= 4 is 11.9 Å². The highest BCUT2D eigenvalue weighted by Crippen LogP contribution is 2.44. The van der Waals surface area contributed by atoms with Gasteiger partial charge in [-0.2, -0.15) is 4.68 Å². The number of benzene rings is 1. The molecule has 0 unspecified atom stereocenters. The van der Waals surface area contributed by atoms with E-state index < -0.39 is 11.4 Å². The molecule has 3 heterocycles. The van der Waals surface area contributed by atoms with Crippen LogP contribution in [0.25, 0.3) is 0 Å². The van der Waals surface area contributed by atoms with E-state index in [0.29, 0.717) is 19.0 Å². The Morgan fingerprint density at radius 2 is 1.88 bits per heavy atom. The normalized spacial score (nSPS) is 27.9. The number of fused-ring (bicyclic) bond motifs is 1. The number of nitrogens with zero attached hydrogens (tertiary/aromatic N) is 4. The van der Waals surface area contributed by atoms with Crippen LogP contribution in [0.4, 0.5) is 0 Å². The van der Waals surface area contributed by atoms with Crippen molar-refractivity contribution in [1.82, 2.24) is 25.5 Å². The highest BCUT2D eigenvalue weighted by Gasteiger charge is 2.50. The topological polar surface area (TPSA) is 138 Å². The number of tetrazole rings is 1. The van der Waals surface area contributed by atoms with Crippen LogP contribution in [-0.4, -0.2) is 68.7 Å². The zero-order valence-corrected chi connectivity index (χ0v) is 18.1. The van der Waals surface area contributed by atoms with Gasteiger partial charge in [0, 0.05) is 6.42 Å². The molecule has 1 aromatic carbocycles. The summed E-state index contributed by atoms with van der Waals surface area (Å²) in [7, 11) is 0. The van der Waals surface area contributed by atoms with Crippen molar-refractivity contribution in [1.29, 1.82) is 0 Å². The summed E-state index contributed by atoms with van der Waals surface area (Å²) in [5.41, 5.74) is -0.454. The van der Waals surface area contributed by atoms with Crippen LogP contribution >= 0.6 is 0 Å². The fourth-order valence-corrected chi connectivity index (χ4v) is 5.33. The van der Waals surface area contributed by atoms with Gasteiger partial charge in [-0.05, 0) is 40.8 Å². The summed E-state index contributed by atoms with van der Waals surface area (Å²) < 4.78 is 19.3. The molecule has 11 heteroatoms. The van der Waals surface area contributed by atoms with Gasteiger partial charge in [-0.1, -0.05) is 36.1 Å². The van der Waals surface area contributed by atoms with Gasteiger partial charge in [0.05, 0.1) is 25.7 Å². The molecule has 3 fully saturated rings. The zero-order valence-electron chi connectivity index (χ0n) is 18.1. The Hall–Kier alpha value is -3.05. The predicted molar refractivity (Wildman–Crippen MR) is 113 cm³/mol. The predicted octanol–water partition coefficient (Wildman–Crippen LogP) is 1.71. The Balaban J connectivity index is 1.22. The lowest BCUT2D eigenvalue weighted by Gasteiger charge is -2.27. The lowest BCUT2D eigenvalue weighted by atomic mass is 9.79. The average molecular weight is 457 g/mol. The maximum atomic E-state index is 12.8. The summed E-state index contributed by atoms with van der Waals surface area (Å²) in [6.07, 6.45) is 3.01. The van der Waals surface area contributed by atoms with Crippen LogP contribution in [0.3, 0.4) is 0 Å². The molecule has 2 N–H and O–H groups in total. The second-order valence-electron chi connectivity index (χ2n) is 9.11. The number of nitrogens with one attached hydrogen (secondary N) is 1. The molecule has 4 atom stereocenters. The molecule has 0 radical (unpaired) electrons. The third kappa shape index (κ3) is 4.55. The van der Waals surface area contributed by atoms with E-state index in [0.717, 1.165) is 25.7 Å². The molecule has 0 bridgehead atoms. The van der Waals surface area contributed by atoms with E-state index in [1.54, 1.807) is 4.68 Å². The van der Waals surface area contributed by atoms with Crippen LogP contribution in [0, 0.1) is 5.41 Å². The zero-order chi connectivity index (χ0) is 22.8. The molecular weight excluding hydrogens is 430 g/mol. The maximum Gasteiger partial charge on any atom is 0.341 e. The molecule has 5 rings (SSSR count). The van der Waals surface area contributed by atoms with Crippen molar-refractivity contribution in [3.63, 3.8) is 0 Å². The van der Waals surface area contributed by atoms with Crippen molar-refractivity contribution in [2.75, 3.05) is 13.2 Å². The molecule has 2 saturated heterocycles. The molecule has 1 saturated carbocycles. The van der Waals surface area contributed by atoms with Crippen molar-refractivity contribution in [3.8, 4) is 11.8 Å². The number of hydrogen-bond donors (Lipinski definition) is 2. The SMILES string of the molecule is O=C(O)CC1(CC(=O)N[C@H]2CO[C@H]3[C@H]2OC[C@H]3n2nnnc2Oc2ccccc2)CCCC1. The Morgan fingerprint density at radius 1 is 1.12 bits per heavy atom. The van der Waals surface area contributed by atoms with Gasteiger partial charge in [-0.15, -0.1) is 0 Å². The Labute approximate surface area is 190 Å². The van der Waals surface area contributed by atoms with E-state index in [9.17, 15) is 14.7 Å². The lowest BCUT2D eigenvalue weighted by Crippen LogP contribution is -2.45. The molecule has 1 aromatic heterocycles. The Morgan fingerprint density at radius 3 is 2.64 bits per heavy atom. The van der Waals surface area contributed by atoms with Crippen molar-refractivity contribution in [3.05, 3.63) is 30.3 Å². The molecule has 11 nitrogen and oxygen atoms in total. The first-order valence-corrected chi connectivity index (χ1v) is 11.3. The summed E-state index contributed by atoms with van der Waals surface area (Å²) >= 11 is 0. The second-order valence-corrected chi connectivity index (χ2v) is 9.11. The Bertz CT molecular complexity index is 992. The number of amides is 1. The molecule has 1 amide bonds. The smallest absolute Gasteiger partial charge is 0.341 e. The van der Waals surface area contributed by atoms with E-state index >= 15 is 0 Å². The van der Waals surface area contributed by atoms with Crippen LogP contribution in [0.1, 0.15) is 44.6 Å². The Kier molecular flexibility index (Phi) is 5.98. The number of carbonyl (C=O) groups is 2. The first-order valence-electron chi connectivity index (χ1n) is 11.3. The van der Waals surface area contributed by atoms with Gasteiger partial charge in [-0.25, -0.2) is 0 Å². The highest BCUT2D eigenvalue weighted by molar-refractivity contribution is 5.78. The van der Waals surface area contributed by atoms with E-state index in [2.05, 4.69) is 20.8 Å². The van der Waals surface area contributed by atoms with Crippen LogP contribution in [-0.2, 0) is 19.1 Å². The number of aliphatic carboxylic acids is 1. The number of hydrogen-bond acceptors (Lipinski definition) is 8. The van der Waals surface area contributed by atoms with Gasteiger partial charge < -0.3 is 24.6 Å². The minimum Gasteiger partial charge on any atom is -0.481 e. The largest absolute Gasteiger partial charge is 0.481 e. The van der Waals surface area contributed by atoms with Gasteiger partial charge in [0.15, 0.2) is 0 Å². The van der Waals surface area contributed by atoms with E-state index in [4.69, 9.17) is 14.2 Å². The van der Waals surface area contributed by atoms with Gasteiger partial charge in [0.2, 0.25) is 5.91 Å². The lowest BCUT2D eigenvalue weighted by molar-refractivity contribution is -0.140. The van der Waals surface area contributed by atoms with Crippen LogP contribution < -0.4 is 10.1 Å². The summed E-state index contributed by atoms with van der Waals surface area (Å²) in [6.45, 7) is 0.626. The molecule has 2 aliphatic heterocycles. The number of rotatable bonds is 8. The molecular formula is C22H27N5O6. The molecule has 3 aliphatic rings. The van der Waals surface area contributed by atoms with E-state index in [-0.39, 0.29) is 49.1 Å². The number of carbonyl (C=O) groups excluding carboxylic acids is 1. The first-order chi connectivity index (χ1) is 16.0. The van der Waals surface area contributed by atoms with Gasteiger partial charge in [0.25, 0.3) is 0 Å². The van der Waals surface area contributed by atoms with Crippen LogP contribution in [0.15, 0.2) is 30.3 Å². The first kappa shape index (κ1) is 21.8. The summed E-state index contributed by atoms with van der Waals surface area (Å²) in [6, 6.07) is 8.86. The van der Waals surface area contributed by atoms with Crippen LogP contribution in [0.2, 0.25) is 0 Å². The average Bonchev–Trinajstić information content (AvgIpc) is 3.55. The molecule has 176 valence electrons. The number of para-hydroxylation sites is 1. The number of ether oxygens (including phenoxy) is 3. The minimum absolute atomic E-state index is 0.0235. The molecule has 0 spiro atoms. The number of aromatic nitrogens is 4. The van der Waals surface area contributed by atoms with Crippen LogP contribution in [0.5, 0.6) is 11.8 Å². The fraction of sp³-hybridized carbons (Fsp3) is 0.591. The third-order valence-corrected chi connectivity index (χ3v) is 6.83. The summed E-state index contributed by atoms with van der Waals surface area (Å²) in [5, 5.41) is 24.1. The molecule has 2 aromatic rings. The van der Waals surface area contributed by atoms with Gasteiger partial charge in [-0.3, -0.25) is 9.59 Å². The monoisotopic (exact) mass is 457 g/mol. The molecule has 1 aliphatic carbocycles. The summed E-state index contributed by atoms with van der Waals surface area (Å²) in [5.74, 6) is -0.399. The van der Waals surface area contributed by atoms with Crippen molar-refractivity contribution in [2.45, 2.75) is 62.8 Å². The quantitative estimate of drug-likeness (QED) is 0.607. The minimum atomic E-state index is -0.856. The van der Waals surface area contributed by atoms with E-state index in [1.165, 1.54) is 0 Å².